The molecule has 8 nitrogen and oxygen atoms in total. The smallest absolute Gasteiger partial charge is 0.285 e. The second-order valence-corrected chi connectivity index (χ2v) is 14.6. The van der Waals surface area contributed by atoms with Gasteiger partial charge in [-0.2, -0.15) is 4.99 Å². The Morgan fingerprint density at radius 2 is 1.61 bits per heavy atom. The Bertz CT molecular complexity index is 2330. The molecule has 6 rings (SSSR count). The first kappa shape index (κ1) is 40.0. The molecule has 56 heavy (non-hydrogen) atoms. The fourth-order valence-corrected chi connectivity index (χ4v) is 7.79. The van der Waals surface area contributed by atoms with Crippen LogP contribution in [0, 0.1) is 3.57 Å². The topological polar surface area (TPSA) is 97.3 Å². The SMILES string of the molecule is C=C/C=C\C(=C/C)N1C(=O)/C(=C/c2cc(I)c(OCc3cccc4ccccc34)c(OCC)c2)C(=O)N=C1SCC(=O)NC(c1ccccc1)c1ccccc1. The van der Waals surface area contributed by atoms with Crippen LogP contribution in [0.15, 0.2) is 162 Å². The Balaban J connectivity index is 1.27. The molecule has 282 valence electrons. The summed E-state index contributed by atoms with van der Waals surface area (Å²) in [5.74, 6) is -0.631. The zero-order valence-corrected chi connectivity index (χ0v) is 34.0. The van der Waals surface area contributed by atoms with E-state index in [-0.39, 0.29) is 22.4 Å². The fraction of sp³-hybridized carbons (Fsp3) is 0.130. The number of halogens is 1. The van der Waals surface area contributed by atoms with Gasteiger partial charge in [-0.25, -0.2) is 0 Å². The minimum absolute atomic E-state index is 0.0897. The lowest BCUT2D eigenvalue weighted by atomic mass is 9.99. The summed E-state index contributed by atoms with van der Waals surface area (Å²) in [7, 11) is 0. The van der Waals surface area contributed by atoms with Gasteiger partial charge in [0, 0.05) is 5.70 Å². The Kier molecular flexibility index (Phi) is 13.7. The van der Waals surface area contributed by atoms with E-state index in [2.05, 4.69) is 57.7 Å². The van der Waals surface area contributed by atoms with Gasteiger partial charge in [-0.3, -0.25) is 19.3 Å². The van der Waals surface area contributed by atoms with Crippen LogP contribution in [0.25, 0.3) is 16.8 Å². The van der Waals surface area contributed by atoms with Crippen LogP contribution < -0.4 is 14.8 Å². The predicted molar refractivity (Wildman–Crippen MR) is 234 cm³/mol. The number of carbonyl (C=O) groups excluding carboxylic acids is 3. The van der Waals surface area contributed by atoms with E-state index in [0.29, 0.717) is 36.0 Å². The summed E-state index contributed by atoms with van der Waals surface area (Å²) in [6, 6.07) is 36.8. The van der Waals surface area contributed by atoms with E-state index < -0.39 is 17.9 Å². The number of carbonyl (C=O) groups is 3. The van der Waals surface area contributed by atoms with Gasteiger partial charge >= 0.3 is 0 Å². The van der Waals surface area contributed by atoms with E-state index in [0.717, 1.165) is 42.8 Å². The van der Waals surface area contributed by atoms with E-state index in [1.807, 2.05) is 97.9 Å². The molecule has 0 unspecified atom stereocenters. The molecule has 0 saturated heterocycles. The highest BCUT2D eigenvalue weighted by Gasteiger charge is 2.35. The largest absolute Gasteiger partial charge is 0.490 e. The van der Waals surface area contributed by atoms with Gasteiger partial charge in [0.2, 0.25) is 5.91 Å². The molecule has 1 aliphatic heterocycles. The summed E-state index contributed by atoms with van der Waals surface area (Å²) in [4.78, 5) is 47.2. The molecule has 0 fully saturated rings. The number of fused-ring (bicyclic) bond motifs is 1. The molecule has 3 amide bonds. The number of aliphatic imine (C=N–C) groups is 1. The van der Waals surface area contributed by atoms with Gasteiger partial charge in [-0.15, -0.1) is 0 Å². The third-order valence-corrected chi connectivity index (χ3v) is 10.5. The highest BCUT2D eigenvalue weighted by molar-refractivity contribution is 14.1. The molecule has 5 aromatic carbocycles. The molecule has 1 N–H and O–H groups in total. The van der Waals surface area contributed by atoms with E-state index in [1.54, 1.807) is 37.3 Å². The number of nitrogens with one attached hydrogen (secondary N) is 1. The highest BCUT2D eigenvalue weighted by atomic mass is 127. The Hall–Kier alpha value is -5.72. The minimum Gasteiger partial charge on any atom is -0.490 e. The van der Waals surface area contributed by atoms with Crippen LogP contribution in [0.1, 0.15) is 42.1 Å². The van der Waals surface area contributed by atoms with Crippen LogP contribution in [0.3, 0.4) is 0 Å². The molecular formula is C46H40IN3O5S. The van der Waals surface area contributed by atoms with Crippen molar-refractivity contribution >= 4 is 74.1 Å². The molecular weight excluding hydrogens is 833 g/mol. The van der Waals surface area contributed by atoms with E-state index >= 15 is 0 Å². The monoisotopic (exact) mass is 873 g/mol. The molecule has 5 aromatic rings. The molecule has 1 aliphatic rings. The van der Waals surface area contributed by atoms with Gasteiger partial charge in [-0.05, 0) is 93.7 Å². The Labute approximate surface area is 344 Å². The van der Waals surface area contributed by atoms with Crippen molar-refractivity contribution < 1.29 is 23.9 Å². The maximum atomic E-state index is 14.3. The zero-order chi connectivity index (χ0) is 39.4. The molecule has 0 aliphatic carbocycles. The third-order valence-electron chi connectivity index (χ3n) is 8.81. The summed E-state index contributed by atoms with van der Waals surface area (Å²) in [6.07, 6.45) is 8.23. The first-order valence-corrected chi connectivity index (χ1v) is 20.1. The average Bonchev–Trinajstić information content (AvgIpc) is 3.22. The van der Waals surface area contributed by atoms with Crippen LogP contribution in [-0.4, -0.2) is 40.1 Å². The fourth-order valence-electron chi connectivity index (χ4n) is 6.20. The number of hydrogen-bond acceptors (Lipinski definition) is 6. The lowest BCUT2D eigenvalue weighted by Gasteiger charge is -2.28. The van der Waals surface area contributed by atoms with Crippen molar-refractivity contribution in [3.8, 4) is 11.5 Å². The molecule has 0 radical (unpaired) electrons. The van der Waals surface area contributed by atoms with E-state index in [1.165, 1.54) is 11.0 Å². The Morgan fingerprint density at radius 1 is 0.929 bits per heavy atom. The van der Waals surface area contributed by atoms with Crippen LogP contribution in [0.5, 0.6) is 11.5 Å². The van der Waals surface area contributed by atoms with Gasteiger partial charge < -0.3 is 14.8 Å². The van der Waals surface area contributed by atoms with Crippen molar-refractivity contribution in [2.24, 2.45) is 4.99 Å². The zero-order valence-electron chi connectivity index (χ0n) is 31.0. The molecule has 0 atom stereocenters. The van der Waals surface area contributed by atoms with Crippen molar-refractivity contribution in [2.75, 3.05) is 12.4 Å². The van der Waals surface area contributed by atoms with Crippen LogP contribution in [0.2, 0.25) is 0 Å². The molecule has 0 saturated carbocycles. The first-order valence-electron chi connectivity index (χ1n) is 18.0. The number of amides is 3. The maximum Gasteiger partial charge on any atom is 0.285 e. The normalized spacial score (nSPS) is 14.1. The number of amidine groups is 1. The summed E-state index contributed by atoms with van der Waals surface area (Å²) in [5, 5.41) is 5.44. The summed E-state index contributed by atoms with van der Waals surface area (Å²) >= 11 is 3.19. The van der Waals surface area contributed by atoms with Crippen molar-refractivity contribution in [1.82, 2.24) is 10.2 Å². The number of thioether (sulfide) groups is 1. The summed E-state index contributed by atoms with van der Waals surface area (Å²) in [6.45, 7) is 8.12. The minimum atomic E-state index is -0.715. The van der Waals surface area contributed by atoms with Gasteiger partial charge in [-0.1, -0.05) is 140 Å². The van der Waals surface area contributed by atoms with Crippen LogP contribution in [-0.2, 0) is 21.0 Å². The first-order chi connectivity index (χ1) is 27.3. The number of ether oxygens (including phenoxy) is 2. The standard InChI is InChI=1S/C46H40IN3O5S/c1-4-7-24-36(5-2)50-45(53)38(44(52)49-46(50)56-30-41(51)48-42(33-18-10-8-11-19-33)34-20-12-9-13-21-34)26-31-27-39(47)43(40(28-31)54-6-3)55-29-35-23-16-22-32-17-14-15-25-37(32)35/h4-5,7-28,42H,1,6,29-30H2,2-3H3,(H,48,51)/b24-7-,36-5+,38-26+. The number of hydrogen-bond donors (Lipinski definition) is 1. The molecule has 0 bridgehead atoms. The highest BCUT2D eigenvalue weighted by Crippen LogP contribution is 2.37. The third kappa shape index (κ3) is 9.55. The van der Waals surface area contributed by atoms with E-state index in [4.69, 9.17) is 9.47 Å². The van der Waals surface area contributed by atoms with Crippen molar-refractivity contribution in [3.63, 3.8) is 0 Å². The van der Waals surface area contributed by atoms with Gasteiger partial charge in [0.15, 0.2) is 16.7 Å². The van der Waals surface area contributed by atoms with E-state index in [9.17, 15) is 14.4 Å². The summed E-state index contributed by atoms with van der Waals surface area (Å²) < 4.78 is 13.1. The van der Waals surface area contributed by atoms with Gasteiger partial charge in [0.25, 0.3) is 11.8 Å². The Morgan fingerprint density at radius 3 is 2.29 bits per heavy atom. The number of allylic oxidation sites excluding steroid dienone is 4. The molecule has 0 spiro atoms. The molecule has 0 aromatic heterocycles. The lowest BCUT2D eigenvalue weighted by Crippen LogP contribution is -2.42. The van der Waals surface area contributed by atoms with Crippen LogP contribution >= 0.6 is 34.4 Å². The second kappa shape index (κ2) is 19.2. The molecule has 1 heterocycles. The van der Waals surface area contributed by atoms with Crippen molar-refractivity contribution in [3.05, 3.63) is 183 Å². The predicted octanol–water partition coefficient (Wildman–Crippen LogP) is 9.82. The maximum absolute atomic E-state index is 14.3. The number of benzene rings is 5. The van der Waals surface area contributed by atoms with Crippen LogP contribution in [0.4, 0.5) is 0 Å². The quantitative estimate of drug-likeness (QED) is 0.0517. The van der Waals surface area contributed by atoms with Crippen molar-refractivity contribution in [1.29, 1.82) is 0 Å². The lowest BCUT2D eigenvalue weighted by molar-refractivity contribution is -0.126. The van der Waals surface area contributed by atoms with Gasteiger partial charge in [0.1, 0.15) is 12.2 Å². The second-order valence-electron chi connectivity index (χ2n) is 12.5. The van der Waals surface area contributed by atoms with Crippen molar-refractivity contribution in [2.45, 2.75) is 26.5 Å². The van der Waals surface area contributed by atoms with Gasteiger partial charge in [0.05, 0.1) is 22.0 Å². The number of rotatable bonds is 14. The molecule has 10 heteroatoms. The summed E-state index contributed by atoms with van der Waals surface area (Å²) in [5.41, 5.74) is 3.77. The number of nitrogens with zero attached hydrogens (tertiary/aromatic N) is 2. The average molecular weight is 874 g/mol.